The number of hydrogen-bond donors (Lipinski definition) is 3. The minimum atomic E-state index is -0.0616. The van der Waals surface area contributed by atoms with Crippen LogP contribution in [0.2, 0.25) is 0 Å². The molecule has 0 atom stereocenters. The number of carbonyl (C=O) groups is 1. The second-order valence-corrected chi connectivity index (χ2v) is 5.68. The van der Waals surface area contributed by atoms with Gasteiger partial charge in [0, 0.05) is 44.3 Å². The monoisotopic (exact) mass is 313 g/mol. The van der Waals surface area contributed by atoms with E-state index in [1.54, 1.807) is 0 Å². The molecule has 6 nitrogen and oxygen atoms in total. The van der Waals surface area contributed by atoms with Crippen LogP contribution in [-0.2, 0) is 0 Å². The number of hydrogen-bond acceptors (Lipinski definition) is 4. The fraction of sp³-hybridized carbons (Fsp3) is 0.714. The molecule has 1 aromatic heterocycles. The van der Waals surface area contributed by atoms with Gasteiger partial charge in [-0.1, -0.05) is 0 Å². The highest BCUT2D eigenvalue weighted by Crippen LogP contribution is 2.38. The zero-order chi connectivity index (χ0) is 13.8. The predicted octanol–water partition coefficient (Wildman–Crippen LogP) is 0.734. The second-order valence-electron chi connectivity index (χ2n) is 5.68. The summed E-state index contributed by atoms with van der Waals surface area (Å²) in [5.74, 6) is 0.547. The molecule has 1 saturated heterocycles. The summed E-state index contributed by atoms with van der Waals surface area (Å²) in [5.41, 5.74) is 1.63. The number of nitrogens with one attached hydrogen (secondary N) is 3. The average molecular weight is 314 g/mol. The third-order valence-electron chi connectivity index (χ3n) is 3.99. The van der Waals surface area contributed by atoms with Crippen LogP contribution in [0.1, 0.15) is 41.4 Å². The van der Waals surface area contributed by atoms with Crippen molar-refractivity contribution in [1.82, 2.24) is 25.7 Å². The SMILES string of the molecule is Cl.O=C(NCCCN1CCNCC1)c1cc(C2CC2)[nH]n1. The molecular formula is C14H24ClN5O. The molecule has 1 aliphatic carbocycles. The van der Waals surface area contributed by atoms with Gasteiger partial charge in [-0.15, -0.1) is 12.4 Å². The van der Waals surface area contributed by atoms with Crippen LogP contribution >= 0.6 is 12.4 Å². The van der Waals surface area contributed by atoms with Gasteiger partial charge in [-0.3, -0.25) is 9.89 Å². The first-order valence-electron chi connectivity index (χ1n) is 7.59. The first-order valence-corrected chi connectivity index (χ1v) is 7.59. The Labute approximate surface area is 131 Å². The van der Waals surface area contributed by atoms with Crippen LogP contribution in [0, 0.1) is 0 Å². The Bertz CT molecular complexity index is 454. The molecule has 2 heterocycles. The smallest absolute Gasteiger partial charge is 0.271 e. The van der Waals surface area contributed by atoms with Crippen molar-refractivity contribution in [2.24, 2.45) is 0 Å². The molecule has 21 heavy (non-hydrogen) atoms. The summed E-state index contributed by atoms with van der Waals surface area (Å²) in [6, 6.07) is 1.89. The standard InChI is InChI=1S/C14H23N5O.ClH/c20-14(13-10-12(17-18-13)11-2-3-11)16-4-1-7-19-8-5-15-6-9-19;/h10-11,15H,1-9H2,(H,16,20)(H,17,18);1H. The quantitative estimate of drug-likeness (QED) is 0.677. The Kier molecular flexibility index (Phi) is 6.02. The summed E-state index contributed by atoms with van der Waals surface area (Å²) in [6.07, 6.45) is 3.42. The van der Waals surface area contributed by atoms with Gasteiger partial charge in [-0.25, -0.2) is 0 Å². The molecule has 0 bridgehead atoms. The normalized spacial score (nSPS) is 19.0. The molecule has 2 fully saturated rings. The number of amides is 1. The first-order chi connectivity index (χ1) is 9.83. The summed E-state index contributed by atoms with van der Waals surface area (Å²) in [4.78, 5) is 14.4. The van der Waals surface area contributed by atoms with Crippen molar-refractivity contribution < 1.29 is 4.79 Å². The molecule has 1 aliphatic heterocycles. The number of H-pyrrole nitrogens is 1. The molecule has 1 aromatic rings. The van der Waals surface area contributed by atoms with Crippen molar-refractivity contribution in [2.75, 3.05) is 39.3 Å². The molecule has 0 spiro atoms. The van der Waals surface area contributed by atoms with Crippen LogP contribution in [-0.4, -0.2) is 60.3 Å². The summed E-state index contributed by atoms with van der Waals surface area (Å²) < 4.78 is 0. The van der Waals surface area contributed by atoms with E-state index in [0.717, 1.165) is 44.8 Å². The zero-order valence-electron chi connectivity index (χ0n) is 12.2. The Morgan fingerprint density at radius 1 is 1.38 bits per heavy atom. The van der Waals surface area contributed by atoms with Gasteiger partial charge in [0.25, 0.3) is 5.91 Å². The van der Waals surface area contributed by atoms with E-state index < -0.39 is 0 Å². The number of nitrogens with zero attached hydrogens (tertiary/aromatic N) is 2. The van der Waals surface area contributed by atoms with E-state index in [-0.39, 0.29) is 18.3 Å². The van der Waals surface area contributed by atoms with Crippen molar-refractivity contribution in [3.8, 4) is 0 Å². The predicted molar refractivity (Wildman–Crippen MR) is 84.1 cm³/mol. The highest BCUT2D eigenvalue weighted by Gasteiger charge is 2.26. The Morgan fingerprint density at radius 3 is 2.86 bits per heavy atom. The number of piperazine rings is 1. The fourth-order valence-corrected chi connectivity index (χ4v) is 2.59. The van der Waals surface area contributed by atoms with Gasteiger partial charge in [0.15, 0.2) is 0 Å². The van der Waals surface area contributed by atoms with Crippen LogP contribution in [0.5, 0.6) is 0 Å². The minimum Gasteiger partial charge on any atom is -0.351 e. The van der Waals surface area contributed by atoms with Crippen LogP contribution in [0.4, 0.5) is 0 Å². The van der Waals surface area contributed by atoms with Gasteiger partial charge in [0.2, 0.25) is 0 Å². The molecule has 1 amide bonds. The average Bonchev–Trinajstić information content (AvgIpc) is 3.22. The van der Waals surface area contributed by atoms with Gasteiger partial charge in [0.05, 0.1) is 0 Å². The Hall–Kier alpha value is -1.11. The highest BCUT2D eigenvalue weighted by molar-refractivity contribution is 5.92. The van der Waals surface area contributed by atoms with E-state index in [1.165, 1.54) is 12.8 Å². The van der Waals surface area contributed by atoms with Gasteiger partial charge >= 0.3 is 0 Å². The molecule has 118 valence electrons. The summed E-state index contributed by atoms with van der Waals surface area (Å²) >= 11 is 0. The maximum absolute atomic E-state index is 11.9. The maximum Gasteiger partial charge on any atom is 0.271 e. The molecule has 3 N–H and O–H groups in total. The maximum atomic E-state index is 11.9. The van der Waals surface area contributed by atoms with Crippen LogP contribution in [0.25, 0.3) is 0 Å². The summed E-state index contributed by atoms with van der Waals surface area (Å²) in [7, 11) is 0. The number of rotatable bonds is 6. The lowest BCUT2D eigenvalue weighted by Gasteiger charge is -2.26. The zero-order valence-corrected chi connectivity index (χ0v) is 13.0. The van der Waals surface area contributed by atoms with Crippen molar-refractivity contribution in [3.63, 3.8) is 0 Å². The largest absolute Gasteiger partial charge is 0.351 e. The molecule has 2 aliphatic rings. The highest BCUT2D eigenvalue weighted by atomic mass is 35.5. The van der Waals surface area contributed by atoms with E-state index in [9.17, 15) is 4.79 Å². The molecule has 0 aromatic carbocycles. The van der Waals surface area contributed by atoms with Gasteiger partial charge < -0.3 is 15.5 Å². The van der Waals surface area contributed by atoms with Gasteiger partial charge in [-0.05, 0) is 31.9 Å². The topological polar surface area (TPSA) is 73.1 Å². The first kappa shape index (κ1) is 16.3. The van der Waals surface area contributed by atoms with Crippen molar-refractivity contribution in [2.45, 2.75) is 25.2 Å². The molecule has 0 radical (unpaired) electrons. The second kappa shape index (κ2) is 7.77. The molecule has 1 saturated carbocycles. The van der Waals surface area contributed by atoms with Crippen molar-refractivity contribution >= 4 is 18.3 Å². The van der Waals surface area contributed by atoms with E-state index in [4.69, 9.17) is 0 Å². The number of aromatic amines is 1. The van der Waals surface area contributed by atoms with Gasteiger partial charge in [-0.2, -0.15) is 5.10 Å². The Morgan fingerprint density at radius 2 is 2.14 bits per heavy atom. The number of carbonyl (C=O) groups excluding carboxylic acids is 1. The van der Waals surface area contributed by atoms with E-state index in [2.05, 4.69) is 25.7 Å². The lowest BCUT2D eigenvalue weighted by atomic mass is 10.2. The lowest BCUT2D eigenvalue weighted by molar-refractivity contribution is 0.0946. The third-order valence-corrected chi connectivity index (χ3v) is 3.99. The van der Waals surface area contributed by atoms with Crippen LogP contribution < -0.4 is 10.6 Å². The molecule has 0 unspecified atom stereocenters. The van der Waals surface area contributed by atoms with Crippen molar-refractivity contribution in [3.05, 3.63) is 17.5 Å². The van der Waals surface area contributed by atoms with Gasteiger partial charge in [0.1, 0.15) is 5.69 Å². The summed E-state index contributed by atoms with van der Waals surface area (Å²) in [5, 5.41) is 13.3. The fourth-order valence-electron chi connectivity index (χ4n) is 2.59. The Balaban J connectivity index is 0.00000161. The van der Waals surface area contributed by atoms with Crippen LogP contribution in [0.3, 0.4) is 0 Å². The lowest BCUT2D eigenvalue weighted by Crippen LogP contribution is -2.44. The molecular weight excluding hydrogens is 290 g/mol. The third kappa shape index (κ3) is 4.69. The number of halogens is 1. The minimum absolute atomic E-state index is 0. The summed E-state index contributed by atoms with van der Waals surface area (Å²) in [6.45, 7) is 6.13. The van der Waals surface area contributed by atoms with E-state index in [1.807, 2.05) is 6.07 Å². The number of aromatic nitrogens is 2. The van der Waals surface area contributed by atoms with Crippen LogP contribution in [0.15, 0.2) is 6.07 Å². The van der Waals surface area contributed by atoms with E-state index in [0.29, 0.717) is 18.2 Å². The van der Waals surface area contributed by atoms with E-state index >= 15 is 0 Å². The molecule has 3 rings (SSSR count). The molecule has 7 heteroatoms. The van der Waals surface area contributed by atoms with Crippen molar-refractivity contribution in [1.29, 1.82) is 0 Å².